The van der Waals surface area contributed by atoms with E-state index < -0.39 is 0 Å². The van der Waals surface area contributed by atoms with Crippen molar-refractivity contribution in [3.8, 4) is 11.4 Å². The minimum Gasteiger partial charge on any atom is -0.355 e. The van der Waals surface area contributed by atoms with Crippen molar-refractivity contribution < 1.29 is 0 Å². The van der Waals surface area contributed by atoms with Gasteiger partial charge in [0.05, 0.1) is 41.2 Å². The third-order valence-electron chi connectivity index (χ3n) is 6.12. The summed E-state index contributed by atoms with van der Waals surface area (Å²) >= 11 is 0. The van der Waals surface area contributed by atoms with E-state index in [0.717, 1.165) is 55.2 Å². The Labute approximate surface area is 186 Å². The van der Waals surface area contributed by atoms with Crippen LogP contribution in [0.3, 0.4) is 0 Å². The molecule has 1 fully saturated rings. The Balaban J connectivity index is 1.44. The Morgan fingerprint density at radius 3 is 2.59 bits per heavy atom. The minimum atomic E-state index is -0.140. The van der Waals surface area contributed by atoms with E-state index in [1.807, 2.05) is 32.3 Å². The van der Waals surface area contributed by atoms with Crippen LogP contribution in [0.25, 0.3) is 22.6 Å². The maximum absolute atomic E-state index is 12.9. The molecule has 0 amide bonds. The summed E-state index contributed by atoms with van der Waals surface area (Å²) in [6.45, 7) is 6.90. The number of anilines is 1. The van der Waals surface area contributed by atoms with E-state index in [9.17, 15) is 4.79 Å². The second-order valence-electron chi connectivity index (χ2n) is 8.97. The van der Waals surface area contributed by atoms with Gasteiger partial charge in [0, 0.05) is 25.7 Å². The van der Waals surface area contributed by atoms with E-state index in [1.54, 1.807) is 15.1 Å². The highest BCUT2D eigenvalue weighted by Crippen LogP contribution is 2.23. The average molecular weight is 433 g/mol. The highest BCUT2D eigenvalue weighted by molar-refractivity contribution is 5.66. The fourth-order valence-corrected chi connectivity index (χ4v) is 4.57. The Kier molecular flexibility index (Phi) is 5.13. The molecule has 0 radical (unpaired) electrons. The zero-order valence-electron chi connectivity index (χ0n) is 19.0. The third-order valence-corrected chi connectivity index (χ3v) is 6.12. The maximum atomic E-state index is 12.9. The Hall–Kier alpha value is -3.33. The molecule has 0 spiro atoms. The molecule has 9 heteroatoms. The van der Waals surface area contributed by atoms with Crippen LogP contribution in [0.4, 0.5) is 5.82 Å². The highest BCUT2D eigenvalue weighted by Gasteiger charge is 2.21. The summed E-state index contributed by atoms with van der Waals surface area (Å²) in [7, 11) is 4.24. The van der Waals surface area contributed by atoms with E-state index >= 15 is 0 Å². The van der Waals surface area contributed by atoms with Crippen molar-refractivity contribution in [3.05, 3.63) is 52.5 Å². The lowest BCUT2D eigenvalue weighted by Gasteiger charge is -2.33. The van der Waals surface area contributed by atoms with Crippen molar-refractivity contribution in [3.63, 3.8) is 0 Å². The number of aryl methyl sites for hydroxylation is 2. The predicted octanol–water partition coefficient (Wildman–Crippen LogP) is 2.19. The summed E-state index contributed by atoms with van der Waals surface area (Å²) in [5.74, 6) is 1.53. The second-order valence-corrected chi connectivity index (χ2v) is 8.97. The first-order chi connectivity index (χ1) is 15.4. The summed E-state index contributed by atoms with van der Waals surface area (Å²) in [5, 5.41) is 4.60. The van der Waals surface area contributed by atoms with Crippen molar-refractivity contribution in [2.45, 2.75) is 26.7 Å². The van der Waals surface area contributed by atoms with Gasteiger partial charge in [0.25, 0.3) is 5.56 Å². The lowest BCUT2D eigenvalue weighted by molar-refractivity contribution is 0.284. The second kappa shape index (κ2) is 7.98. The first-order valence-electron chi connectivity index (χ1n) is 11.0. The zero-order chi connectivity index (χ0) is 22.4. The molecule has 1 aliphatic rings. The molecule has 166 valence electrons. The minimum absolute atomic E-state index is 0.140. The normalized spacial score (nSPS) is 15.3. The molecule has 1 aliphatic heterocycles. The first kappa shape index (κ1) is 20.6. The van der Waals surface area contributed by atoms with Crippen LogP contribution in [-0.4, -0.2) is 67.6 Å². The van der Waals surface area contributed by atoms with Crippen LogP contribution in [-0.2, 0) is 0 Å². The topological polar surface area (TPSA) is 83.9 Å². The van der Waals surface area contributed by atoms with Crippen molar-refractivity contribution in [1.29, 1.82) is 0 Å². The van der Waals surface area contributed by atoms with Gasteiger partial charge < -0.3 is 9.80 Å². The fraction of sp³-hybridized carbons (Fsp3) is 0.435. The molecule has 4 aromatic rings. The molecule has 0 unspecified atom stereocenters. The van der Waals surface area contributed by atoms with E-state index in [1.165, 1.54) is 6.07 Å². The molecule has 4 aromatic heterocycles. The van der Waals surface area contributed by atoms with Gasteiger partial charge in [-0.15, -0.1) is 0 Å². The van der Waals surface area contributed by atoms with Gasteiger partial charge in [-0.3, -0.25) is 14.2 Å². The van der Waals surface area contributed by atoms with Crippen molar-refractivity contribution >= 4 is 17.0 Å². The molecule has 0 saturated carbocycles. The van der Waals surface area contributed by atoms with E-state index in [0.29, 0.717) is 23.0 Å². The van der Waals surface area contributed by atoms with Crippen LogP contribution in [0.5, 0.6) is 0 Å². The van der Waals surface area contributed by atoms with Gasteiger partial charge in [0.2, 0.25) is 0 Å². The number of rotatable bonds is 4. The molecule has 0 atom stereocenters. The number of fused-ring (bicyclic) bond motifs is 2. The third kappa shape index (κ3) is 3.84. The number of nitrogens with zero attached hydrogens (tertiary/aromatic N) is 8. The van der Waals surface area contributed by atoms with Crippen LogP contribution in [0, 0.1) is 19.8 Å². The SMILES string of the molecule is Cc1cn2nc(-c3cc(=O)n4cc(N5CCC(CN(C)C)CC5)ncc4n3)cc2c(C)n1. The van der Waals surface area contributed by atoms with Gasteiger partial charge >= 0.3 is 0 Å². The van der Waals surface area contributed by atoms with Crippen LogP contribution < -0.4 is 10.5 Å². The van der Waals surface area contributed by atoms with Gasteiger partial charge in [-0.2, -0.15) is 5.10 Å². The number of piperidine rings is 1. The molecule has 0 bridgehead atoms. The van der Waals surface area contributed by atoms with E-state index in [4.69, 9.17) is 0 Å². The summed E-state index contributed by atoms with van der Waals surface area (Å²) in [4.78, 5) is 31.2. The molecule has 0 N–H and O–H groups in total. The van der Waals surface area contributed by atoms with Crippen LogP contribution >= 0.6 is 0 Å². The molecule has 5 rings (SSSR count). The summed E-state index contributed by atoms with van der Waals surface area (Å²) in [6.07, 6.45) is 7.62. The monoisotopic (exact) mass is 432 g/mol. The molecule has 0 aromatic carbocycles. The lowest BCUT2D eigenvalue weighted by Crippen LogP contribution is -2.37. The standard InChI is InChI=1S/C23H28N8O/c1-15-12-31-20(16(2)25-15)9-19(27-31)18-10-23(32)30-14-22(24-11-21(30)26-18)29-7-5-17(6-8-29)13-28(3)4/h9-12,14,17H,5-8,13H2,1-4H3. The first-order valence-corrected chi connectivity index (χ1v) is 11.0. The van der Waals surface area contributed by atoms with Crippen LogP contribution in [0.15, 0.2) is 35.5 Å². The number of hydrogen-bond acceptors (Lipinski definition) is 7. The van der Waals surface area contributed by atoms with E-state index in [-0.39, 0.29) is 5.56 Å². The maximum Gasteiger partial charge on any atom is 0.258 e. The van der Waals surface area contributed by atoms with E-state index in [2.05, 4.69) is 43.9 Å². The van der Waals surface area contributed by atoms with Gasteiger partial charge in [-0.1, -0.05) is 0 Å². The van der Waals surface area contributed by atoms with Crippen molar-refractivity contribution in [1.82, 2.24) is 33.9 Å². The zero-order valence-corrected chi connectivity index (χ0v) is 19.0. The van der Waals surface area contributed by atoms with Crippen molar-refractivity contribution in [2.75, 3.05) is 38.6 Å². The molecule has 32 heavy (non-hydrogen) atoms. The molecule has 9 nitrogen and oxygen atoms in total. The fourth-order valence-electron chi connectivity index (χ4n) is 4.57. The summed E-state index contributed by atoms with van der Waals surface area (Å²) < 4.78 is 3.36. The highest BCUT2D eigenvalue weighted by atomic mass is 16.1. The van der Waals surface area contributed by atoms with Crippen LogP contribution in [0.2, 0.25) is 0 Å². The number of aromatic nitrogens is 6. The Morgan fingerprint density at radius 1 is 1.06 bits per heavy atom. The number of hydrogen-bond donors (Lipinski definition) is 0. The van der Waals surface area contributed by atoms with Crippen LogP contribution in [0.1, 0.15) is 24.2 Å². The average Bonchev–Trinajstić information content (AvgIpc) is 3.18. The molecule has 0 aliphatic carbocycles. The summed E-state index contributed by atoms with van der Waals surface area (Å²) in [5.41, 5.74) is 4.24. The van der Waals surface area contributed by atoms with Crippen molar-refractivity contribution in [2.24, 2.45) is 5.92 Å². The lowest BCUT2D eigenvalue weighted by atomic mass is 9.96. The van der Waals surface area contributed by atoms with Gasteiger partial charge in [0.15, 0.2) is 5.65 Å². The molecule has 5 heterocycles. The molecular formula is C23H28N8O. The predicted molar refractivity (Wildman–Crippen MR) is 124 cm³/mol. The largest absolute Gasteiger partial charge is 0.355 e. The molecule has 1 saturated heterocycles. The smallest absolute Gasteiger partial charge is 0.258 e. The summed E-state index contributed by atoms with van der Waals surface area (Å²) in [6, 6.07) is 3.46. The van der Waals surface area contributed by atoms with Gasteiger partial charge in [0.1, 0.15) is 11.5 Å². The molecular weight excluding hydrogens is 404 g/mol. The van der Waals surface area contributed by atoms with Gasteiger partial charge in [-0.25, -0.2) is 14.5 Å². The Morgan fingerprint density at radius 2 is 1.84 bits per heavy atom. The quantitative estimate of drug-likeness (QED) is 0.489. The van der Waals surface area contributed by atoms with Gasteiger partial charge in [-0.05, 0) is 52.8 Å². The Bertz CT molecular complexity index is 1350.